The molecular formula is C16H27N3O3. The van der Waals surface area contributed by atoms with Crippen molar-refractivity contribution in [1.29, 1.82) is 0 Å². The monoisotopic (exact) mass is 309 g/mol. The molecule has 22 heavy (non-hydrogen) atoms. The molecule has 0 aromatic rings. The number of nitrogens with zero attached hydrogens (tertiary/aromatic N) is 1. The van der Waals surface area contributed by atoms with Crippen molar-refractivity contribution in [2.75, 3.05) is 13.1 Å². The first-order valence-electron chi connectivity index (χ1n) is 8.27. The first-order chi connectivity index (χ1) is 10.4. The number of urea groups is 1. The second-order valence-electron chi connectivity index (χ2n) is 6.97. The van der Waals surface area contributed by atoms with Gasteiger partial charge in [-0.3, -0.25) is 14.5 Å². The van der Waals surface area contributed by atoms with Crippen LogP contribution in [0.25, 0.3) is 0 Å². The fourth-order valence-corrected chi connectivity index (χ4v) is 3.34. The molecule has 1 spiro atoms. The zero-order valence-corrected chi connectivity index (χ0v) is 13.8. The van der Waals surface area contributed by atoms with Crippen molar-refractivity contribution < 1.29 is 14.4 Å². The van der Waals surface area contributed by atoms with Gasteiger partial charge in [0.15, 0.2) is 0 Å². The van der Waals surface area contributed by atoms with Gasteiger partial charge in [-0.25, -0.2) is 4.79 Å². The summed E-state index contributed by atoms with van der Waals surface area (Å²) in [6.45, 7) is 6.55. The van der Waals surface area contributed by atoms with Crippen LogP contribution in [0.2, 0.25) is 0 Å². The Morgan fingerprint density at radius 1 is 1.41 bits per heavy atom. The predicted molar refractivity (Wildman–Crippen MR) is 83.1 cm³/mol. The third-order valence-electron chi connectivity index (χ3n) is 4.85. The molecule has 0 unspecified atom stereocenters. The summed E-state index contributed by atoms with van der Waals surface area (Å²) < 4.78 is 0. The van der Waals surface area contributed by atoms with Gasteiger partial charge in [0.25, 0.3) is 5.91 Å². The van der Waals surface area contributed by atoms with Crippen molar-refractivity contribution in [1.82, 2.24) is 15.5 Å². The van der Waals surface area contributed by atoms with Crippen LogP contribution >= 0.6 is 0 Å². The van der Waals surface area contributed by atoms with E-state index in [-0.39, 0.29) is 24.3 Å². The molecule has 2 N–H and O–H groups in total. The molecule has 1 aliphatic carbocycles. The fourth-order valence-electron chi connectivity index (χ4n) is 3.34. The molecule has 2 aliphatic rings. The lowest BCUT2D eigenvalue weighted by Crippen LogP contribution is -2.54. The summed E-state index contributed by atoms with van der Waals surface area (Å²) in [5, 5.41) is 5.63. The lowest BCUT2D eigenvalue weighted by Gasteiger charge is -2.36. The van der Waals surface area contributed by atoms with Gasteiger partial charge < -0.3 is 10.6 Å². The van der Waals surface area contributed by atoms with Gasteiger partial charge in [-0.1, -0.05) is 33.6 Å². The lowest BCUT2D eigenvalue weighted by atomic mass is 9.73. The first kappa shape index (κ1) is 16.8. The Bertz CT molecular complexity index is 464. The van der Waals surface area contributed by atoms with Crippen LogP contribution in [0.5, 0.6) is 0 Å². The van der Waals surface area contributed by atoms with E-state index in [1.54, 1.807) is 0 Å². The van der Waals surface area contributed by atoms with Crippen LogP contribution in [0, 0.1) is 11.8 Å². The summed E-state index contributed by atoms with van der Waals surface area (Å²) in [5.41, 5.74) is -0.784. The van der Waals surface area contributed by atoms with E-state index in [9.17, 15) is 14.4 Å². The van der Waals surface area contributed by atoms with Crippen LogP contribution in [0.4, 0.5) is 4.79 Å². The van der Waals surface area contributed by atoms with Crippen molar-refractivity contribution in [3.05, 3.63) is 0 Å². The molecule has 0 aromatic heterocycles. The molecule has 1 heterocycles. The molecule has 0 aromatic carbocycles. The van der Waals surface area contributed by atoms with Crippen molar-refractivity contribution in [3.8, 4) is 0 Å². The zero-order chi connectivity index (χ0) is 16.3. The van der Waals surface area contributed by atoms with Crippen molar-refractivity contribution >= 4 is 17.8 Å². The molecule has 2 atom stereocenters. The van der Waals surface area contributed by atoms with Crippen molar-refractivity contribution in [2.24, 2.45) is 11.8 Å². The Kier molecular flexibility index (Phi) is 5.08. The first-order valence-corrected chi connectivity index (χ1v) is 8.27. The summed E-state index contributed by atoms with van der Waals surface area (Å²) in [6.07, 6.45) is 4.50. The van der Waals surface area contributed by atoms with E-state index in [2.05, 4.69) is 24.5 Å². The Labute approximate surface area is 132 Å². The normalized spacial score (nSPS) is 28.4. The maximum absolute atomic E-state index is 12.7. The summed E-state index contributed by atoms with van der Waals surface area (Å²) >= 11 is 0. The second-order valence-corrected chi connectivity index (χ2v) is 6.97. The van der Waals surface area contributed by atoms with Crippen LogP contribution < -0.4 is 10.6 Å². The third-order valence-corrected chi connectivity index (χ3v) is 4.85. The Morgan fingerprint density at radius 2 is 2.14 bits per heavy atom. The average molecular weight is 309 g/mol. The second kappa shape index (κ2) is 6.67. The van der Waals surface area contributed by atoms with Crippen LogP contribution in [0.3, 0.4) is 0 Å². The molecule has 6 heteroatoms. The molecule has 124 valence electrons. The highest BCUT2D eigenvalue weighted by atomic mass is 16.2. The SMILES string of the molecule is CC(C)CCNC(=O)CN1C(=O)N[C@@]2(CCCC[C@@H]2C)C1=O. The number of amides is 4. The van der Waals surface area contributed by atoms with Gasteiger partial charge in [-0.05, 0) is 31.1 Å². The molecule has 2 rings (SSSR count). The summed E-state index contributed by atoms with van der Waals surface area (Å²) in [5.74, 6) is 0.114. The molecule has 1 saturated carbocycles. The molecule has 1 aliphatic heterocycles. The molecule has 6 nitrogen and oxygen atoms in total. The molecule has 4 amide bonds. The molecule has 0 radical (unpaired) electrons. The van der Waals surface area contributed by atoms with E-state index in [1.807, 2.05) is 6.92 Å². The molecule has 2 fully saturated rings. The van der Waals surface area contributed by atoms with Crippen LogP contribution in [-0.4, -0.2) is 41.4 Å². The van der Waals surface area contributed by atoms with Gasteiger partial charge in [0, 0.05) is 6.54 Å². The number of hydrogen-bond donors (Lipinski definition) is 2. The van der Waals surface area contributed by atoms with Crippen LogP contribution in [0.1, 0.15) is 52.9 Å². The van der Waals surface area contributed by atoms with E-state index >= 15 is 0 Å². The highest BCUT2D eigenvalue weighted by Gasteiger charge is 2.55. The van der Waals surface area contributed by atoms with Crippen LogP contribution in [0.15, 0.2) is 0 Å². The number of hydrogen-bond acceptors (Lipinski definition) is 3. The molecule has 1 saturated heterocycles. The Morgan fingerprint density at radius 3 is 2.77 bits per heavy atom. The average Bonchev–Trinajstić information content (AvgIpc) is 2.67. The van der Waals surface area contributed by atoms with Crippen molar-refractivity contribution in [2.45, 2.75) is 58.4 Å². The van der Waals surface area contributed by atoms with Gasteiger partial charge in [0.2, 0.25) is 5.91 Å². The van der Waals surface area contributed by atoms with Gasteiger partial charge in [0.1, 0.15) is 12.1 Å². The molecule has 0 bridgehead atoms. The third kappa shape index (κ3) is 3.25. The van der Waals surface area contributed by atoms with Gasteiger partial charge >= 0.3 is 6.03 Å². The lowest BCUT2D eigenvalue weighted by molar-refractivity contribution is -0.137. The van der Waals surface area contributed by atoms with E-state index < -0.39 is 11.6 Å². The van der Waals surface area contributed by atoms with Gasteiger partial charge in [0.05, 0.1) is 0 Å². The largest absolute Gasteiger partial charge is 0.355 e. The topological polar surface area (TPSA) is 78.5 Å². The quantitative estimate of drug-likeness (QED) is 0.758. The standard InChI is InChI=1S/C16H27N3O3/c1-11(2)7-9-17-13(20)10-19-14(21)16(18-15(19)22)8-5-4-6-12(16)3/h11-12H,4-10H2,1-3H3,(H,17,20)(H,18,22)/t12-,16+/m0/s1. The van der Waals surface area contributed by atoms with Gasteiger partial charge in [-0.2, -0.15) is 0 Å². The number of nitrogens with one attached hydrogen (secondary N) is 2. The minimum absolute atomic E-state index is 0.117. The summed E-state index contributed by atoms with van der Waals surface area (Å²) in [7, 11) is 0. The summed E-state index contributed by atoms with van der Waals surface area (Å²) in [6, 6.07) is -0.433. The van der Waals surface area contributed by atoms with E-state index in [4.69, 9.17) is 0 Å². The van der Waals surface area contributed by atoms with E-state index in [1.165, 1.54) is 0 Å². The smallest absolute Gasteiger partial charge is 0.325 e. The zero-order valence-electron chi connectivity index (χ0n) is 13.8. The minimum Gasteiger partial charge on any atom is -0.355 e. The minimum atomic E-state index is -0.784. The van der Waals surface area contributed by atoms with Gasteiger partial charge in [-0.15, -0.1) is 0 Å². The Balaban J connectivity index is 1.96. The maximum atomic E-state index is 12.7. The number of carbonyl (C=O) groups is 3. The summed E-state index contributed by atoms with van der Waals surface area (Å²) in [4.78, 5) is 37.8. The van der Waals surface area contributed by atoms with E-state index in [0.29, 0.717) is 18.9 Å². The maximum Gasteiger partial charge on any atom is 0.325 e. The number of carbonyl (C=O) groups excluding carboxylic acids is 3. The molecular weight excluding hydrogens is 282 g/mol. The number of imide groups is 1. The predicted octanol–water partition coefficient (Wildman–Crippen LogP) is 1.65. The van der Waals surface area contributed by atoms with E-state index in [0.717, 1.165) is 30.6 Å². The van der Waals surface area contributed by atoms with Crippen molar-refractivity contribution in [3.63, 3.8) is 0 Å². The number of rotatable bonds is 5. The highest BCUT2D eigenvalue weighted by Crippen LogP contribution is 2.38. The highest BCUT2D eigenvalue weighted by molar-refractivity contribution is 6.09. The Hall–Kier alpha value is -1.59. The fraction of sp³-hybridized carbons (Fsp3) is 0.812. The van der Waals surface area contributed by atoms with Crippen LogP contribution in [-0.2, 0) is 9.59 Å².